The van der Waals surface area contributed by atoms with Crippen molar-refractivity contribution < 1.29 is 4.79 Å². The lowest BCUT2D eigenvalue weighted by Gasteiger charge is -2.23. The van der Waals surface area contributed by atoms with Crippen LogP contribution in [-0.2, 0) is 13.0 Å². The predicted molar refractivity (Wildman–Crippen MR) is 85.5 cm³/mol. The van der Waals surface area contributed by atoms with Gasteiger partial charge in [-0.3, -0.25) is 0 Å². The maximum absolute atomic E-state index is 12.1. The van der Waals surface area contributed by atoms with Crippen molar-refractivity contribution in [3.8, 4) is 0 Å². The minimum absolute atomic E-state index is 0.00824. The van der Waals surface area contributed by atoms with E-state index in [1.807, 2.05) is 11.6 Å². The molecule has 2 aromatic rings. The fourth-order valence-corrected chi connectivity index (χ4v) is 2.87. The Kier molecular flexibility index (Phi) is 4.22. The molecule has 0 fully saturated rings. The zero-order chi connectivity index (χ0) is 15.7. The molecular formula is C14H15Cl2N5O. The summed E-state index contributed by atoms with van der Waals surface area (Å²) in [4.78, 5) is 16.3. The van der Waals surface area contributed by atoms with Gasteiger partial charge < -0.3 is 10.6 Å². The molecule has 116 valence electrons. The summed E-state index contributed by atoms with van der Waals surface area (Å²) in [5.74, 6) is 0.951. The van der Waals surface area contributed by atoms with Crippen molar-refractivity contribution in [2.24, 2.45) is 0 Å². The smallest absolute Gasteiger partial charge is 0.319 e. The van der Waals surface area contributed by atoms with Crippen LogP contribution >= 0.6 is 23.2 Å². The van der Waals surface area contributed by atoms with E-state index in [4.69, 9.17) is 23.2 Å². The third kappa shape index (κ3) is 3.18. The van der Waals surface area contributed by atoms with Crippen molar-refractivity contribution in [1.29, 1.82) is 0 Å². The fraction of sp³-hybridized carbons (Fsp3) is 0.357. The van der Waals surface area contributed by atoms with Gasteiger partial charge in [0, 0.05) is 11.4 Å². The van der Waals surface area contributed by atoms with E-state index in [1.54, 1.807) is 12.1 Å². The van der Waals surface area contributed by atoms with Gasteiger partial charge in [-0.1, -0.05) is 23.2 Å². The number of hydrogen-bond donors (Lipinski definition) is 2. The van der Waals surface area contributed by atoms with Crippen molar-refractivity contribution in [3.05, 3.63) is 39.9 Å². The highest BCUT2D eigenvalue weighted by atomic mass is 35.5. The number of amides is 2. The summed E-state index contributed by atoms with van der Waals surface area (Å²) >= 11 is 12.2. The maximum Gasteiger partial charge on any atom is 0.319 e. The number of hydrogen-bond acceptors (Lipinski definition) is 3. The number of carbonyl (C=O) groups excluding carboxylic acids is 1. The highest BCUT2D eigenvalue weighted by Gasteiger charge is 2.21. The molecule has 0 spiro atoms. The van der Waals surface area contributed by atoms with E-state index in [-0.39, 0.29) is 12.1 Å². The molecule has 1 aromatic heterocycles. The number of benzene rings is 1. The number of aromatic nitrogens is 3. The van der Waals surface area contributed by atoms with Gasteiger partial charge in [0.05, 0.1) is 23.3 Å². The Hall–Kier alpha value is -1.79. The summed E-state index contributed by atoms with van der Waals surface area (Å²) in [6, 6.07) is 3.07. The zero-order valence-electron chi connectivity index (χ0n) is 11.9. The van der Waals surface area contributed by atoms with Crippen LogP contribution in [0.15, 0.2) is 18.5 Å². The van der Waals surface area contributed by atoms with E-state index >= 15 is 0 Å². The number of fused-ring (bicyclic) bond motifs is 1. The van der Waals surface area contributed by atoms with Crippen molar-refractivity contribution in [2.75, 3.05) is 5.32 Å². The summed E-state index contributed by atoms with van der Waals surface area (Å²) < 4.78 is 1.81. The maximum atomic E-state index is 12.1. The van der Waals surface area contributed by atoms with Crippen LogP contribution in [-0.4, -0.2) is 26.8 Å². The van der Waals surface area contributed by atoms with Crippen molar-refractivity contribution in [1.82, 2.24) is 20.1 Å². The number of rotatable bonds is 2. The van der Waals surface area contributed by atoms with Gasteiger partial charge in [0.15, 0.2) is 0 Å². The van der Waals surface area contributed by atoms with Gasteiger partial charge >= 0.3 is 6.03 Å². The molecule has 1 aliphatic heterocycles. The molecule has 0 unspecified atom stereocenters. The van der Waals surface area contributed by atoms with Gasteiger partial charge in [-0.2, -0.15) is 5.10 Å². The standard InChI is InChI=1S/C14H15Cl2N5O/c1-8-4-11(16)12(5-10(8)15)20-14(22)19-9-2-3-13-17-7-18-21(13)6-9/h4-5,7,9H,2-3,6H2,1H3,(H2,19,20,22)/t9-/m1/s1. The van der Waals surface area contributed by atoms with Crippen LogP contribution in [0.25, 0.3) is 0 Å². The summed E-state index contributed by atoms with van der Waals surface area (Å²) in [7, 11) is 0. The van der Waals surface area contributed by atoms with E-state index < -0.39 is 0 Å². The van der Waals surface area contributed by atoms with Gasteiger partial charge in [0.2, 0.25) is 0 Å². The SMILES string of the molecule is Cc1cc(Cl)c(NC(=O)N[C@@H]2CCc3ncnn3C2)cc1Cl. The molecule has 0 saturated heterocycles. The number of halogens is 2. The fourth-order valence-electron chi connectivity index (χ4n) is 2.44. The molecule has 2 heterocycles. The molecular weight excluding hydrogens is 325 g/mol. The Balaban J connectivity index is 1.63. The first-order valence-corrected chi connectivity index (χ1v) is 7.68. The van der Waals surface area contributed by atoms with Crippen LogP contribution in [0.4, 0.5) is 10.5 Å². The Morgan fingerprint density at radius 2 is 2.18 bits per heavy atom. The largest absolute Gasteiger partial charge is 0.333 e. The Bertz CT molecular complexity index is 715. The first-order valence-electron chi connectivity index (χ1n) is 6.93. The van der Waals surface area contributed by atoms with Crippen LogP contribution < -0.4 is 10.6 Å². The summed E-state index contributed by atoms with van der Waals surface area (Å²) in [5.41, 5.74) is 1.36. The van der Waals surface area contributed by atoms with E-state index in [0.29, 0.717) is 22.3 Å². The first kappa shape index (κ1) is 15.1. The van der Waals surface area contributed by atoms with Crippen LogP contribution in [0.2, 0.25) is 10.0 Å². The van der Waals surface area contributed by atoms with Crippen LogP contribution in [0.1, 0.15) is 17.8 Å². The molecule has 1 atom stereocenters. The molecule has 2 N–H and O–H groups in total. The van der Waals surface area contributed by atoms with E-state index in [2.05, 4.69) is 20.7 Å². The first-order chi connectivity index (χ1) is 10.5. The summed E-state index contributed by atoms with van der Waals surface area (Å²) in [6.07, 6.45) is 3.16. The van der Waals surface area contributed by atoms with Gasteiger partial charge in [-0.15, -0.1) is 0 Å². The average Bonchev–Trinajstić information content (AvgIpc) is 2.92. The average molecular weight is 340 g/mol. The Morgan fingerprint density at radius 1 is 1.36 bits per heavy atom. The lowest BCUT2D eigenvalue weighted by molar-refractivity contribution is 0.243. The van der Waals surface area contributed by atoms with Crippen LogP contribution in [0, 0.1) is 6.92 Å². The predicted octanol–water partition coefficient (Wildman–Crippen LogP) is 3.03. The number of anilines is 1. The van der Waals surface area contributed by atoms with Crippen LogP contribution in [0.5, 0.6) is 0 Å². The van der Waals surface area contributed by atoms with Crippen molar-refractivity contribution in [2.45, 2.75) is 32.4 Å². The molecule has 0 radical (unpaired) electrons. The minimum Gasteiger partial charge on any atom is -0.333 e. The summed E-state index contributed by atoms with van der Waals surface area (Å²) in [5, 5.41) is 10.8. The van der Waals surface area contributed by atoms with Crippen LogP contribution in [0.3, 0.4) is 0 Å². The van der Waals surface area contributed by atoms with Crippen molar-refractivity contribution in [3.63, 3.8) is 0 Å². The molecule has 2 amide bonds. The lowest BCUT2D eigenvalue weighted by atomic mass is 10.1. The monoisotopic (exact) mass is 339 g/mol. The molecule has 8 heteroatoms. The molecule has 0 saturated carbocycles. The van der Waals surface area contributed by atoms with E-state index in [9.17, 15) is 4.79 Å². The lowest BCUT2D eigenvalue weighted by Crippen LogP contribution is -2.43. The third-order valence-electron chi connectivity index (χ3n) is 3.64. The normalized spacial score (nSPS) is 17.0. The number of nitrogens with zero attached hydrogens (tertiary/aromatic N) is 3. The molecule has 1 aromatic carbocycles. The molecule has 3 rings (SSSR count). The molecule has 6 nitrogen and oxygen atoms in total. The zero-order valence-corrected chi connectivity index (χ0v) is 13.4. The molecule has 22 heavy (non-hydrogen) atoms. The second-order valence-electron chi connectivity index (χ2n) is 5.27. The van der Waals surface area contributed by atoms with E-state index in [1.165, 1.54) is 6.33 Å². The van der Waals surface area contributed by atoms with Crippen molar-refractivity contribution >= 4 is 34.9 Å². The third-order valence-corrected chi connectivity index (χ3v) is 4.36. The highest BCUT2D eigenvalue weighted by Crippen LogP contribution is 2.28. The van der Waals surface area contributed by atoms with Gasteiger partial charge in [-0.25, -0.2) is 14.5 Å². The minimum atomic E-state index is -0.310. The number of urea groups is 1. The second-order valence-corrected chi connectivity index (χ2v) is 6.09. The highest BCUT2D eigenvalue weighted by molar-refractivity contribution is 6.36. The Labute approximate surface area is 137 Å². The summed E-state index contributed by atoms with van der Waals surface area (Å²) in [6.45, 7) is 2.47. The quantitative estimate of drug-likeness (QED) is 0.883. The topological polar surface area (TPSA) is 71.8 Å². The number of aryl methyl sites for hydroxylation is 2. The Morgan fingerprint density at radius 3 is 3.00 bits per heavy atom. The molecule has 0 bridgehead atoms. The second kappa shape index (κ2) is 6.14. The number of nitrogens with one attached hydrogen (secondary N) is 2. The molecule has 0 aliphatic carbocycles. The van der Waals surface area contributed by atoms with Gasteiger partial charge in [0.25, 0.3) is 0 Å². The van der Waals surface area contributed by atoms with Gasteiger partial charge in [0.1, 0.15) is 12.2 Å². The number of carbonyl (C=O) groups is 1. The van der Waals surface area contributed by atoms with E-state index in [0.717, 1.165) is 24.2 Å². The molecule has 1 aliphatic rings. The van der Waals surface area contributed by atoms with Gasteiger partial charge in [-0.05, 0) is 31.0 Å².